The molecule has 4 aromatic rings. The van der Waals surface area contributed by atoms with Crippen molar-refractivity contribution in [2.24, 2.45) is 0 Å². The van der Waals surface area contributed by atoms with Crippen molar-refractivity contribution in [2.75, 3.05) is 13.1 Å². The molecule has 0 saturated heterocycles. The molecule has 41 heavy (non-hydrogen) atoms. The largest absolute Gasteiger partial charge is 0.270 e. The van der Waals surface area contributed by atoms with Gasteiger partial charge < -0.3 is 0 Å². The molecule has 0 radical (unpaired) electrons. The molecule has 2 aliphatic heterocycles. The fourth-order valence-electron chi connectivity index (χ4n) is 6.66. The molecular weight excluding hydrogens is 512 g/mol. The fraction of sp³-hybridized carbons (Fsp3) is 0.0857. The number of fused-ring (bicyclic) bond motifs is 5. The van der Waals surface area contributed by atoms with Crippen molar-refractivity contribution in [3.05, 3.63) is 155 Å². The van der Waals surface area contributed by atoms with Crippen molar-refractivity contribution in [2.45, 2.75) is 5.41 Å². The van der Waals surface area contributed by atoms with Gasteiger partial charge in [-0.3, -0.25) is 29.0 Å². The summed E-state index contributed by atoms with van der Waals surface area (Å²) in [6.07, 6.45) is 3.07. The molecular formula is C35H24N2O4. The lowest BCUT2D eigenvalue weighted by Gasteiger charge is -2.34. The van der Waals surface area contributed by atoms with Gasteiger partial charge in [0.2, 0.25) is 0 Å². The molecule has 6 heteroatoms. The Hall–Kier alpha value is -5.36. The van der Waals surface area contributed by atoms with Crippen LogP contribution in [0.5, 0.6) is 0 Å². The molecule has 3 aliphatic rings. The van der Waals surface area contributed by atoms with E-state index in [1.165, 1.54) is 22.0 Å². The molecule has 4 aromatic carbocycles. The van der Waals surface area contributed by atoms with Gasteiger partial charge in [-0.25, -0.2) is 0 Å². The average Bonchev–Trinajstić information content (AvgIpc) is 3.53. The number of carbonyl (C=O) groups is 4. The molecule has 7 rings (SSSR count). The summed E-state index contributed by atoms with van der Waals surface area (Å²) in [5, 5.41) is 0. The van der Waals surface area contributed by atoms with Crippen LogP contribution in [0.4, 0.5) is 0 Å². The van der Waals surface area contributed by atoms with Crippen molar-refractivity contribution in [1.29, 1.82) is 0 Å². The lowest BCUT2D eigenvalue weighted by molar-refractivity contribution is 0.0656. The Labute approximate surface area is 236 Å². The zero-order chi connectivity index (χ0) is 28.5. The van der Waals surface area contributed by atoms with E-state index in [-0.39, 0.29) is 36.7 Å². The van der Waals surface area contributed by atoms with Gasteiger partial charge in [-0.1, -0.05) is 72.8 Å². The smallest absolute Gasteiger partial charge is 0.261 e. The van der Waals surface area contributed by atoms with Crippen molar-refractivity contribution in [3.8, 4) is 11.1 Å². The number of hydrogen-bond donors (Lipinski definition) is 0. The van der Waals surface area contributed by atoms with E-state index in [0.29, 0.717) is 22.3 Å². The second-order valence-corrected chi connectivity index (χ2v) is 10.4. The zero-order valence-electron chi connectivity index (χ0n) is 22.1. The van der Waals surface area contributed by atoms with E-state index < -0.39 is 5.41 Å². The Morgan fingerprint density at radius 2 is 0.902 bits per heavy atom. The maximum absolute atomic E-state index is 13.4. The molecule has 198 valence electrons. The first-order valence-corrected chi connectivity index (χ1v) is 13.4. The van der Waals surface area contributed by atoms with Crippen LogP contribution in [-0.4, -0.2) is 46.5 Å². The molecule has 0 atom stereocenters. The molecule has 0 spiro atoms. The molecule has 4 amide bonds. The maximum Gasteiger partial charge on any atom is 0.261 e. The minimum atomic E-state index is -0.915. The number of nitrogens with zero attached hydrogens (tertiary/aromatic N) is 2. The average molecular weight is 537 g/mol. The second-order valence-electron chi connectivity index (χ2n) is 10.4. The molecule has 0 N–H and O–H groups in total. The van der Waals surface area contributed by atoms with Crippen molar-refractivity contribution < 1.29 is 19.2 Å². The second kappa shape index (κ2) is 8.83. The highest BCUT2D eigenvalue weighted by Gasteiger charge is 2.48. The molecule has 0 saturated carbocycles. The summed E-state index contributed by atoms with van der Waals surface area (Å²) in [5.41, 5.74) is 6.08. The van der Waals surface area contributed by atoms with Gasteiger partial charge in [-0.15, -0.1) is 13.2 Å². The minimum Gasteiger partial charge on any atom is -0.270 e. The first-order valence-electron chi connectivity index (χ1n) is 13.4. The van der Waals surface area contributed by atoms with Crippen LogP contribution in [0.2, 0.25) is 0 Å². The molecule has 1 aliphatic carbocycles. The zero-order valence-corrected chi connectivity index (χ0v) is 22.1. The van der Waals surface area contributed by atoms with E-state index in [0.717, 1.165) is 33.4 Å². The van der Waals surface area contributed by atoms with Gasteiger partial charge in [0, 0.05) is 13.1 Å². The number of carbonyl (C=O) groups excluding carboxylic acids is 4. The number of rotatable bonds is 6. The van der Waals surface area contributed by atoms with Crippen LogP contribution in [0.25, 0.3) is 11.1 Å². The standard InChI is InChI=1S/C35H24N2O4/c1-3-17-36-31(38)25-15-13-21(19-27(25)33(36)40)35(29-11-7-5-9-23(29)24-10-6-8-12-30(24)35)22-14-16-26-28(20-22)34(41)37(18-4-2)32(26)39/h3-16,19-20H,1-2,17-18H2. The van der Waals surface area contributed by atoms with Crippen molar-refractivity contribution >= 4 is 23.6 Å². The van der Waals surface area contributed by atoms with Gasteiger partial charge in [-0.05, 0) is 57.6 Å². The van der Waals surface area contributed by atoms with E-state index in [1.54, 1.807) is 12.1 Å². The van der Waals surface area contributed by atoms with E-state index >= 15 is 0 Å². The van der Waals surface area contributed by atoms with Crippen LogP contribution in [0.3, 0.4) is 0 Å². The first-order chi connectivity index (χ1) is 19.9. The highest BCUT2D eigenvalue weighted by molar-refractivity contribution is 6.22. The van der Waals surface area contributed by atoms with Gasteiger partial charge >= 0.3 is 0 Å². The van der Waals surface area contributed by atoms with Crippen LogP contribution in [0.15, 0.2) is 110 Å². The molecule has 0 aromatic heterocycles. The summed E-state index contributed by atoms with van der Waals surface area (Å²) in [5.74, 6) is -1.42. The summed E-state index contributed by atoms with van der Waals surface area (Å²) >= 11 is 0. The monoisotopic (exact) mass is 536 g/mol. The van der Waals surface area contributed by atoms with Crippen molar-refractivity contribution in [1.82, 2.24) is 9.80 Å². The SMILES string of the molecule is C=CCN1C(=O)c2ccc(C3(c4ccc5c(c4)C(=O)N(CC=C)C5=O)c4ccccc4-c4ccccc43)cc2C1=O. The molecule has 0 fully saturated rings. The third-order valence-corrected chi connectivity index (χ3v) is 8.38. The van der Waals surface area contributed by atoms with Gasteiger partial charge in [0.15, 0.2) is 0 Å². The van der Waals surface area contributed by atoms with E-state index in [2.05, 4.69) is 37.4 Å². The summed E-state index contributed by atoms with van der Waals surface area (Å²) in [4.78, 5) is 55.2. The lowest BCUT2D eigenvalue weighted by Crippen LogP contribution is -2.30. The number of amides is 4. The topological polar surface area (TPSA) is 74.8 Å². The number of hydrogen-bond acceptors (Lipinski definition) is 4. The van der Waals surface area contributed by atoms with Crippen molar-refractivity contribution in [3.63, 3.8) is 0 Å². The lowest BCUT2D eigenvalue weighted by atomic mass is 9.67. The summed E-state index contributed by atoms with van der Waals surface area (Å²) in [6.45, 7) is 7.63. The molecule has 0 bridgehead atoms. The third kappa shape index (κ3) is 3.13. The Morgan fingerprint density at radius 3 is 1.32 bits per heavy atom. The van der Waals surface area contributed by atoms with Crippen LogP contribution in [0.1, 0.15) is 63.7 Å². The Bertz CT molecular complexity index is 1750. The summed E-state index contributed by atoms with van der Waals surface area (Å²) in [6, 6.07) is 27.0. The number of imide groups is 2. The summed E-state index contributed by atoms with van der Waals surface area (Å²) in [7, 11) is 0. The Kier molecular flexibility index (Phi) is 5.31. The first kappa shape index (κ1) is 24.7. The van der Waals surface area contributed by atoms with Crippen LogP contribution < -0.4 is 0 Å². The Balaban J connectivity index is 1.53. The highest BCUT2D eigenvalue weighted by atomic mass is 16.2. The summed E-state index contributed by atoms with van der Waals surface area (Å²) < 4.78 is 0. The Morgan fingerprint density at radius 1 is 0.512 bits per heavy atom. The predicted octanol–water partition coefficient (Wildman–Crippen LogP) is 5.61. The third-order valence-electron chi connectivity index (χ3n) is 8.38. The molecule has 2 heterocycles. The maximum atomic E-state index is 13.4. The van der Waals surface area contributed by atoms with E-state index in [1.807, 2.05) is 48.5 Å². The van der Waals surface area contributed by atoms with Gasteiger partial charge in [-0.2, -0.15) is 0 Å². The predicted molar refractivity (Wildman–Crippen MR) is 155 cm³/mol. The van der Waals surface area contributed by atoms with Crippen LogP contribution in [-0.2, 0) is 5.41 Å². The van der Waals surface area contributed by atoms with Gasteiger partial charge in [0.25, 0.3) is 23.6 Å². The van der Waals surface area contributed by atoms with E-state index in [4.69, 9.17) is 0 Å². The number of benzene rings is 4. The highest BCUT2D eigenvalue weighted by Crippen LogP contribution is 2.56. The molecule has 0 unspecified atom stereocenters. The van der Waals surface area contributed by atoms with E-state index in [9.17, 15) is 19.2 Å². The normalized spacial score (nSPS) is 16.0. The van der Waals surface area contributed by atoms with Gasteiger partial charge in [0.1, 0.15) is 0 Å². The molecule has 6 nitrogen and oxygen atoms in total. The quantitative estimate of drug-likeness (QED) is 0.209. The van der Waals surface area contributed by atoms with Crippen LogP contribution >= 0.6 is 0 Å². The fourth-order valence-corrected chi connectivity index (χ4v) is 6.66. The van der Waals surface area contributed by atoms with Crippen LogP contribution in [0, 0.1) is 0 Å². The van der Waals surface area contributed by atoms with Gasteiger partial charge in [0.05, 0.1) is 27.7 Å². The minimum absolute atomic E-state index is 0.126.